The lowest BCUT2D eigenvalue weighted by molar-refractivity contribution is 0.628. The zero-order valence-electron chi connectivity index (χ0n) is 13.3. The molecule has 0 radical (unpaired) electrons. The second kappa shape index (κ2) is 6.54. The molecule has 0 saturated heterocycles. The molecule has 0 aliphatic carbocycles. The minimum Gasteiger partial charge on any atom is -0.261 e. The summed E-state index contributed by atoms with van der Waals surface area (Å²) in [4.78, 5) is 13.7. The van der Waals surface area contributed by atoms with Crippen molar-refractivity contribution in [3.8, 4) is 22.5 Å². The highest BCUT2D eigenvalue weighted by Gasteiger charge is 2.15. The van der Waals surface area contributed by atoms with Crippen molar-refractivity contribution in [1.82, 2.24) is 15.0 Å². The number of rotatable bonds is 4. The van der Waals surface area contributed by atoms with Crippen molar-refractivity contribution in [3.05, 3.63) is 78.7 Å². The van der Waals surface area contributed by atoms with E-state index in [9.17, 15) is 4.39 Å². The van der Waals surface area contributed by atoms with Crippen LogP contribution in [-0.2, 0) is 0 Å². The number of hydrogen-bond donors (Lipinski definition) is 0. The zero-order valence-corrected chi connectivity index (χ0v) is 13.3. The molecular formula is C20H16FN3. The number of aryl methyl sites for hydroxylation is 1. The average molecular weight is 317 g/mol. The smallest absolute Gasteiger partial charge is 0.123 e. The normalized spacial score (nSPS) is 10.4. The zero-order chi connectivity index (χ0) is 17.1. The van der Waals surface area contributed by atoms with Crippen molar-refractivity contribution in [2.45, 2.75) is 6.92 Å². The van der Waals surface area contributed by atoms with E-state index in [-0.39, 0.29) is 5.82 Å². The first-order valence-electron chi connectivity index (χ1n) is 7.48. The summed E-state index contributed by atoms with van der Waals surface area (Å²) >= 11 is 0. The molecule has 24 heavy (non-hydrogen) atoms. The van der Waals surface area contributed by atoms with E-state index in [1.165, 1.54) is 12.1 Å². The van der Waals surface area contributed by atoms with Crippen LogP contribution in [0.4, 0.5) is 4.39 Å². The third-order valence-electron chi connectivity index (χ3n) is 3.64. The predicted octanol–water partition coefficient (Wildman–Crippen LogP) is 4.94. The van der Waals surface area contributed by atoms with Gasteiger partial charge < -0.3 is 0 Å². The molecule has 2 heterocycles. The van der Waals surface area contributed by atoms with E-state index in [0.717, 1.165) is 16.8 Å². The van der Waals surface area contributed by atoms with Gasteiger partial charge in [0.1, 0.15) is 5.82 Å². The van der Waals surface area contributed by atoms with Gasteiger partial charge in [-0.2, -0.15) is 0 Å². The molecule has 2 aromatic heterocycles. The molecule has 0 unspecified atom stereocenters. The van der Waals surface area contributed by atoms with Crippen LogP contribution < -0.4 is 0 Å². The maximum absolute atomic E-state index is 13.3. The number of hydrogen-bond acceptors (Lipinski definition) is 3. The molecule has 0 saturated carbocycles. The Kier molecular flexibility index (Phi) is 4.29. The summed E-state index contributed by atoms with van der Waals surface area (Å²) in [5, 5.41) is 0. The molecule has 3 nitrogen and oxygen atoms in total. The van der Waals surface area contributed by atoms with E-state index in [1.54, 1.807) is 30.5 Å². The fourth-order valence-electron chi connectivity index (χ4n) is 2.38. The van der Waals surface area contributed by atoms with Crippen LogP contribution in [-0.4, -0.2) is 15.0 Å². The lowest BCUT2D eigenvalue weighted by atomic mass is 10.0. The van der Waals surface area contributed by atoms with E-state index in [2.05, 4.69) is 28.1 Å². The Morgan fingerprint density at radius 3 is 1.88 bits per heavy atom. The number of nitrogens with zero attached hydrogens (tertiary/aromatic N) is 3. The lowest BCUT2D eigenvalue weighted by Crippen LogP contribution is -2.00. The molecule has 0 spiro atoms. The van der Waals surface area contributed by atoms with Crippen molar-refractivity contribution in [2.24, 2.45) is 0 Å². The molecule has 0 aliphatic rings. The molecule has 0 amide bonds. The van der Waals surface area contributed by atoms with Crippen molar-refractivity contribution in [2.75, 3.05) is 0 Å². The van der Waals surface area contributed by atoms with E-state index < -0.39 is 0 Å². The van der Waals surface area contributed by atoms with Gasteiger partial charge in [-0.1, -0.05) is 13.2 Å². The first kappa shape index (κ1) is 15.7. The molecule has 4 heteroatoms. The molecular weight excluding hydrogens is 301 g/mol. The van der Waals surface area contributed by atoms with Crippen LogP contribution in [0.2, 0.25) is 0 Å². The fraction of sp³-hybridized carbons (Fsp3) is 0.0500. The molecule has 3 rings (SSSR count). The van der Waals surface area contributed by atoms with E-state index in [1.807, 2.05) is 19.1 Å². The molecule has 0 N–H and O–H groups in total. The Balaban J connectivity index is 2.28. The van der Waals surface area contributed by atoms with Crippen LogP contribution in [0.5, 0.6) is 0 Å². The second-order valence-corrected chi connectivity index (χ2v) is 5.29. The molecule has 0 atom stereocenters. The number of aromatic nitrogens is 3. The van der Waals surface area contributed by atoms with Gasteiger partial charge >= 0.3 is 0 Å². The SMILES string of the molecule is C=Cc1nc(-c2ccc(F)cc2)c(-c2ccc(C)nc2)nc1C=C. The Morgan fingerprint density at radius 2 is 1.38 bits per heavy atom. The topological polar surface area (TPSA) is 38.7 Å². The molecule has 1 aromatic carbocycles. The second-order valence-electron chi connectivity index (χ2n) is 5.29. The van der Waals surface area contributed by atoms with Gasteiger partial charge in [-0.05, 0) is 55.5 Å². The van der Waals surface area contributed by atoms with Gasteiger partial charge in [0.25, 0.3) is 0 Å². The monoisotopic (exact) mass is 317 g/mol. The summed E-state index contributed by atoms with van der Waals surface area (Å²) in [5.74, 6) is -0.295. The van der Waals surface area contributed by atoms with E-state index in [4.69, 9.17) is 0 Å². The van der Waals surface area contributed by atoms with Crippen molar-refractivity contribution < 1.29 is 4.39 Å². The van der Waals surface area contributed by atoms with Crippen molar-refractivity contribution >= 4 is 12.2 Å². The Morgan fingerprint density at radius 1 is 0.833 bits per heavy atom. The maximum atomic E-state index is 13.3. The summed E-state index contributed by atoms with van der Waals surface area (Å²) in [6, 6.07) is 10.0. The molecule has 0 aliphatic heterocycles. The van der Waals surface area contributed by atoms with Gasteiger partial charge in [-0.3, -0.25) is 4.98 Å². The lowest BCUT2D eigenvalue weighted by Gasteiger charge is -2.12. The standard InChI is InChI=1S/C20H16FN3/c1-4-17-18(5-2)24-20(15-7-6-13(3)22-12-15)19(23-17)14-8-10-16(21)11-9-14/h4-12H,1-2H2,3H3. The Hall–Kier alpha value is -3.14. The Labute approximate surface area is 140 Å². The van der Waals surface area contributed by atoms with Crippen LogP contribution >= 0.6 is 0 Å². The summed E-state index contributed by atoms with van der Waals surface area (Å²) in [6.45, 7) is 9.49. The van der Waals surface area contributed by atoms with Crippen LogP contribution in [0, 0.1) is 12.7 Å². The fourth-order valence-corrected chi connectivity index (χ4v) is 2.38. The van der Waals surface area contributed by atoms with Crippen LogP contribution in [0.25, 0.3) is 34.7 Å². The van der Waals surface area contributed by atoms with Gasteiger partial charge in [-0.15, -0.1) is 0 Å². The third kappa shape index (κ3) is 2.99. The number of halogens is 1. The number of benzene rings is 1. The summed E-state index contributed by atoms with van der Waals surface area (Å²) in [5.41, 5.74) is 5.14. The Bertz CT molecular complexity index is 821. The van der Waals surface area contributed by atoms with Gasteiger partial charge in [0, 0.05) is 23.0 Å². The summed E-state index contributed by atoms with van der Waals surface area (Å²) in [7, 11) is 0. The predicted molar refractivity (Wildman–Crippen MR) is 95.6 cm³/mol. The van der Waals surface area contributed by atoms with E-state index in [0.29, 0.717) is 22.8 Å². The highest BCUT2D eigenvalue weighted by molar-refractivity contribution is 5.79. The molecule has 3 aromatic rings. The van der Waals surface area contributed by atoms with Crippen LogP contribution in [0.15, 0.2) is 55.8 Å². The van der Waals surface area contributed by atoms with Gasteiger partial charge in [-0.25, -0.2) is 14.4 Å². The molecule has 118 valence electrons. The highest BCUT2D eigenvalue weighted by Crippen LogP contribution is 2.30. The van der Waals surface area contributed by atoms with E-state index >= 15 is 0 Å². The van der Waals surface area contributed by atoms with Crippen molar-refractivity contribution in [3.63, 3.8) is 0 Å². The van der Waals surface area contributed by atoms with Crippen LogP contribution in [0.1, 0.15) is 17.1 Å². The number of pyridine rings is 1. The van der Waals surface area contributed by atoms with Crippen molar-refractivity contribution in [1.29, 1.82) is 0 Å². The third-order valence-corrected chi connectivity index (χ3v) is 3.64. The summed E-state index contributed by atoms with van der Waals surface area (Å²) < 4.78 is 13.3. The largest absolute Gasteiger partial charge is 0.261 e. The first-order chi connectivity index (χ1) is 11.6. The van der Waals surface area contributed by atoms with Gasteiger partial charge in [0.05, 0.1) is 22.8 Å². The molecule has 0 bridgehead atoms. The molecule has 0 fully saturated rings. The van der Waals surface area contributed by atoms with Gasteiger partial charge in [0.2, 0.25) is 0 Å². The quantitative estimate of drug-likeness (QED) is 0.684. The first-order valence-corrected chi connectivity index (χ1v) is 7.48. The minimum absolute atomic E-state index is 0.295. The van der Waals surface area contributed by atoms with Crippen LogP contribution in [0.3, 0.4) is 0 Å². The highest BCUT2D eigenvalue weighted by atomic mass is 19.1. The summed E-state index contributed by atoms with van der Waals surface area (Å²) in [6.07, 6.45) is 5.03. The van der Waals surface area contributed by atoms with Gasteiger partial charge in [0.15, 0.2) is 0 Å². The maximum Gasteiger partial charge on any atom is 0.123 e. The minimum atomic E-state index is -0.295. The average Bonchev–Trinajstić information content (AvgIpc) is 2.62.